The first kappa shape index (κ1) is 16.6. The number of hydrogen-bond donors (Lipinski definition) is 1. The first-order valence-electron chi connectivity index (χ1n) is 8.78. The van der Waals surface area contributed by atoms with Crippen LogP contribution in [-0.4, -0.2) is 9.97 Å². The van der Waals surface area contributed by atoms with Crippen LogP contribution < -0.4 is 0 Å². The van der Waals surface area contributed by atoms with Gasteiger partial charge in [-0.1, -0.05) is 32.0 Å². The van der Waals surface area contributed by atoms with Crippen LogP contribution in [0.15, 0.2) is 30.6 Å². The summed E-state index contributed by atoms with van der Waals surface area (Å²) < 4.78 is 0. The van der Waals surface area contributed by atoms with Gasteiger partial charge in [-0.25, -0.2) is 4.98 Å². The summed E-state index contributed by atoms with van der Waals surface area (Å²) >= 11 is 0. The number of rotatable bonds is 3. The number of halogens is 1. The molecule has 2 aromatic rings. The molecule has 1 N–H and O–H groups in total. The zero-order valence-electron chi connectivity index (χ0n) is 14.1. The molecule has 1 heterocycles. The smallest absolute Gasteiger partial charge is 0.106 e. The van der Waals surface area contributed by atoms with E-state index in [-0.39, 0.29) is 12.4 Å². The zero-order valence-corrected chi connectivity index (χ0v) is 15.0. The van der Waals surface area contributed by atoms with Crippen molar-refractivity contribution >= 4 is 12.4 Å². The molecule has 0 saturated heterocycles. The molecule has 1 aromatic heterocycles. The van der Waals surface area contributed by atoms with E-state index in [0.29, 0.717) is 11.3 Å². The van der Waals surface area contributed by atoms with E-state index in [1.54, 1.807) is 16.7 Å². The van der Waals surface area contributed by atoms with Gasteiger partial charge in [0.05, 0.1) is 0 Å². The molecule has 2 atom stereocenters. The highest BCUT2D eigenvalue weighted by Gasteiger charge is 2.45. The summed E-state index contributed by atoms with van der Waals surface area (Å²) in [7, 11) is 0. The number of aryl methyl sites for hydroxylation is 1. The molecule has 3 heteroatoms. The van der Waals surface area contributed by atoms with Crippen LogP contribution in [-0.2, 0) is 24.7 Å². The number of aromatic amines is 1. The summed E-state index contributed by atoms with van der Waals surface area (Å²) in [5.41, 5.74) is 5.38. The van der Waals surface area contributed by atoms with Gasteiger partial charge in [0, 0.05) is 18.8 Å². The van der Waals surface area contributed by atoms with Crippen molar-refractivity contribution in [3.05, 3.63) is 53.1 Å². The van der Waals surface area contributed by atoms with Crippen molar-refractivity contribution in [1.29, 1.82) is 0 Å². The van der Waals surface area contributed by atoms with Gasteiger partial charge in [0.15, 0.2) is 0 Å². The first-order valence-corrected chi connectivity index (χ1v) is 8.78. The van der Waals surface area contributed by atoms with E-state index in [2.05, 4.69) is 42.0 Å². The van der Waals surface area contributed by atoms with Gasteiger partial charge in [0.1, 0.15) is 5.82 Å². The number of benzene rings is 1. The third kappa shape index (κ3) is 2.71. The monoisotopic (exact) mass is 330 g/mol. The van der Waals surface area contributed by atoms with Crippen molar-refractivity contribution in [2.75, 3.05) is 0 Å². The minimum absolute atomic E-state index is 0. The molecule has 124 valence electrons. The lowest BCUT2D eigenvalue weighted by atomic mass is 9.55. The summed E-state index contributed by atoms with van der Waals surface area (Å²) in [5, 5.41) is 0. The third-order valence-corrected chi connectivity index (χ3v) is 6.11. The van der Waals surface area contributed by atoms with Crippen LogP contribution in [0, 0.1) is 11.8 Å². The standard InChI is InChI=1S/C20H26N2.ClH/c1-14(2)20-8-4-7-16-5-3-6-17(19(16)20)11-15(13-20)12-18-21-9-10-22-18;/h3,5-6,9-10,14-15H,4,7-8,11-13H2,1-2H3,(H,21,22);1H. The molecule has 0 bridgehead atoms. The molecular weight excluding hydrogens is 304 g/mol. The Morgan fingerprint density at radius 2 is 2.13 bits per heavy atom. The fourth-order valence-electron chi connectivity index (χ4n) is 5.13. The van der Waals surface area contributed by atoms with Crippen LogP contribution in [0.3, 0.4) is 0 Å². The average molecular weight is 331 g/mol. The minimum atomic E-state index is 0. The number of hydrogen-bond acceptors (Lipinski definition) is 1. The maximum Gasteiger partial charge on any atom is 0.106 e. The predicted molar refractivity (Wildman–Crippen MR) is 97.2 cm³/mol. The van der Waals surface area contributed by atoms with Gasteiger partial charge in [-0.15, -0.1) is 12.4 Å². The van der Waals surface area contributed by atoms with Crippen molar-refractivity contribution in [2.45, 2.75) is 57.8 Å². The second-order valence-electron chi connectivity index (χ2n) is 7.63. The van der Waals surface area contributed by atoms with Crippen molar-refractivity contribution in [3.63, 3.8) is 0 Å². The van der Waals surface area contributed by atoms with E-state index in [1.165, 1.54) is 32.1 Å². The van der Waals surface area contributed by atoms with Gasteiger partial charge in [0.25, 0.3) is 0 Å². The Hall–Kier alpha value is -1.28. The molecule has 0 radical (unpaired) electrons. The second kappa shape index (κ2) is 6.32. The van der Waals surface area contributed by atoms with Crippen molar-refractivity contribution < 1.29 is 0 Å². The molecule has 2 aliphatic rings. The molecule has 1 aromatic carbocycles. The number of nitrogens with zero attached hydrogens (tertiary/aromatic N) is 1. The lowest BCUT2D eigenvalue weighted by molar-refractivity contribution is 0.184. The summed E-state index contributed by atoms with van der Waals surface area (Å²) in [6, 6.07) is 7.04. The van der Waals surface area contributed by atoms with Gasteiger partial charge < -0.3 is 4.98 Å². The van der Waals surface area contributed by atoms with E-state index in [0.717, 1.165) is 18.2 Å². The normalized spacial score (nSPS) is 25.8. The summed E-state index contributed by atoms with van der Waals surface area (Å²) in [6.07, 6.45) is 11.5. The average Bonchev–Trinajstić information content (AvgIpc) is 3.00. The Morgan fingerprint density at radius 3 is 2.87 bits per heavy atom. The maximum absolute atomic E-state index is 4.46. The second-order valence-corrected chi connectivity index (χ2v) is 7.63. The molecule has 2 nitrogen and oxygen atoms in total. The quantitative estimate of drug-likeness (QED) is 0.854. The van der Waals surface area contributed by atoms with Crippen LogP contribution in [0.5, 0.6) is 0 Å². The zero-order chi connectivity index (χ0) is 15.2. The van der Waals surface area contributed by atoms with E-state index < -0.39 is 0 Å². The Kier molecular flexibility index (Phi) is 4.55. The molecular formula is C20H27ClN2. The van der Waals surface area contributed by atoms with Crippen LogP contribution in [0.4, 0.5) is 0 Å². The van der Waals surface area contributed by atoms with E-state index in [1.807, 2.05) is 12.4 Å². The summed E-state index contributed by atoms with van der Waals surface area (Å²) in [5.74, 6) is 2.58. The number of imidazole rings is 1. The van der Waals surface area contributed by atoms with Gasteiger partial charge in [0.2, 0.25) is 0 Å². The van der Waals surface area contributed by atoms with E-state index >= 15 is 0 Å². The maximum atomic E-state index is 4.46. The summed E-state index contributed by atoms with van der Waals surface area (Å²) in [4.78, 5) is 7.76. The van der Waals surface area contributed by atoms with Gasteiger partial charge in [-0.3, -0.25) is 0 Å². The van der Waals surface area contributed by atoms with E-state index in [4.69, 9.17) is 0 Å². The Labute approximate surface area is 145 Å². The van der Waals surface area contributed by atoms with Crippen molar-refractivity contribution in [2.24, 2.45) is 11.8 Å². The van der Waals surface area contributed by atoms with Crippen LogP contribution >= 0.6 is 12.4 Å². The largest absolute Gasteiger partial charge is 0.349 e. The molecule has 2 aliphatic carbocycles. The fourth-order valence-corrected chi connectivity index (χ4v) is 5.13. The SMILES string of the molecule is CC(C)C12CCCc3cccc(c31)CC(Cc1ncc[nH]1)C2.Cl. The first-order chi connectivity index (χ1) is 10.7. The fraction of sp³-hybridized carbons (Fsp3) is 0.550. The molecule has 2 unspecified atom stereocenters. The molecule has 0 aliphatic heterocycles. The third-order valence-electron chi connectivity index (χ3n) is 6.11. The van der Waals surface area contributed by atoms with Crippen LogP contribution in [0.1, 0.15) is 55.6 Å². The topological polar surface area (TPSA) is 28.7 Å². The molecule has 0 spiro atoms. The van der Waals surface area contributed by atoms with Gasteiger partial charge >= 0.3 is 0 Å². The highest BCUT2D eigenvalue weighted by Crippen LogP contribution is 2.52. The van der Waals surface area contributed by atoms with Gasteiger partial charge in [-0.2, -0.15) is 0 Å². The van der Waals surface area contributed by atoms with Crippen LogP contribution in [0.2, 0.25) is 0 Å². The highest BCUT2D eigenvalue weighted by atomic mass is 35.5. The van der Waals surface area contributed by atoms with Crippen LogP contribution in [0.25, 0.3) is 0 Å². The summed E-state index contributed by atoms with van der Waals surface area (Å²) in [6.45, 7) is 4.86. The molecule has 4 rings (SSSR count). The molecule has 0 amide bonds. The van der Waals surface area contributed by atoms with Crippen molar-refractivity contribution in [1.82, 2.24) is 9.97 Å². The predicted octanol–water partition coefficient (Wildman–Crippen LogP) is 4.87. The number of aromatic nitrogens is 2. The van der Waals surface area contributed by atoms with Crippen molar-refractivity contribution in [3.8, 4) is 0 Å². The number of H-pyrrole nitrogens is 1. The Morgan fingerprint density at radius 1 is 1.30 bits per heavy atom. The number of nitrogens with one attached hydrogen (secondary N) is 1. The molecule has 0 fully saturated rings. The Balaban J connectivity index is 0.00000156. The molecule has 23 heavy (non-hydrogen) atoms. The lowest BCUT2D eigenvalue weighted by Crippen LogP contribution is -2.43. The van der Waals surface area contributed by atoms with Gasteiger partial charge in [-0.05, 0) is 66.0 Å². The molecule has 0 saturated carbocycles. The lowest BCUT2D eigenvalue weighted by Gasteiger charge is -2.49. The Bertz CT molecular complexity index is 662. The van der Waals surface area contributed by atoms with E-state index in [9.17, 15) is 0 Å². The highest BCUT2D eigenvalue weighted by molar-refractivity contribution is 5.85. The minimum Gasteiger partial charge on any atom is -0.349 e.